The van der Waals surface area contributed by atoms with Crippen molar-refractivity contribution in [3.63, 3.8) is 0 Å². The van der Waals surface area contributed by atoms with Crippen LogP contribution in [0.15, 0.2) is 29.3 Å². The quantitative estimate of drug-likeness (QED) is 0.432. The van der Waals surface area contributed by atoms with Crippen LogP contribution in [0.4, 0.5) is 5.69 Å². The number of phenols is 1. The second-order valence-corrected chi connectivity index (χ2v) is 9.46. The Morgan fingerprint density at radius 1 is 0.815 bits per heavy atom. The summed E-state index contributed by atoms with van der Waals surface area (Å²) in [7, 11) is 0. The summed E-state index contributed by atoms with van der Waals surface area (Å²) in [6.07, 6.45) is 1.89. The van der Waals surface area contributed by atoms with Crippen LogP contribution >= 0.6 is 0 Å². The fraction of sp³-hybridized carbons (Fsp3) is 0.458. The minimum Gasteiger partial charge on any atom is -0.505 e. The second-order valence-electron chi connectivity index (χ2n) is 9.46. The van der Waals surface area contributed by atoms with Crippen molar-refractivity contribution in [2.45, 2.75) is 73.1 Å². The van der Waals surface area contributed by atoms with E-state index >= 15 is 0 Å². The van der Waals surface area contributed by atoms with Crippen molar-refractivity contribution in [3.05, 3.63) is 57.6 Å². The molecule has 0 aliphatic heterocycles. The number of aromatic hydroxyl groups is 1. The molecule has 1 N–H and O–H groups in total. The van der Waals surface area contributed by atoms with Crippen LogP contribution in [0.1, 0.15) is 74.9 Å². The molecule has 0 spiro atoms. The average molecular weight is 415 g/mol. The zero-order valence-corrected chi connectivity index (χ0v) is 19.0. The van der Waals surface area contributed by atoms with E-state index in [9.17, 15) is 5.11 Å². The molecule has 0 atom stereocenters. The fourth-order valence-electron chi connectivity index (χ4n) is 3.25. The van der Waals surface area contributed by atoms with Gasteiger partial charge < -0.3 is 5.11 Å². The molecule has 0 aromatic heterocycles. The molecule has 27 heavy (non-hydrogen) atoms. The van der Waals surface area contributed by atoms with Gasteiger partial charge in [-0.1, -0.05) is 65.3 Å². The number of aliphatic imine (C=N–C) groups is 1. The molecule has 0 saturated heterocycles. The molecule has 151 valence electrons. The number of aryl methyl sites for hydroxylation is 3. The Kier molecular flexibility index (Phi) is 7.13. The summed E-state index contributed by atoms with van der Waals surface area (Å²) in [5, 5.41) is 10.9. The molecular weight excluding hydrogens is 382 g/mol. The molecule has 3 heteroatoms. The fourth-order valence-corrected chi connectivity index (χ4v) is 3.25. The van der Waals surface area contributed by atoms with Gasteiger partial charge in [-0.25, -0.2) is 0 Å². The first kappa shape index (κ1) is 23.5. The molecule has 0 bridgehead atoms. The maximum Gasteiger partial charge on any atom is 0.144 e. The summed E-state index contributed by atoms with van der Waals surface area (Å²) in [6, 6.07) is 8.47. The van der Waals surface area contributed by atoms with Gasteiger partial charge in [0.1, 0.15) is 11.4 Å². The molecule has 0 saturated carbocycles. The number of phenolic OH excluding ortho intramolecular Hbond substituents is 1. The van der Waals surface area contributed by atoms with Gasteiger partial charge in [-0.3, -0.25) is 4.99 Å². The molecular formula is C24H33CuNO. The minimum atomic E-state index is -0.148. The first-order valence-corrected chi connectivity index (χ1v) is 9.30. The predicted molar refractivity (Wildman–Crippen MR) is 113 cm³/mol. The van der Waals surface area contributed by atoms with E-state index in [4.69, 9.17) is 4.99 Å². The van der Waals surface area contributed by atoms with Gasteiger partial charge in [0.2, 0.25) is 0 Å². The normalized spacial score (nSPS) is 12.3. The van der Waals surface area contributed by atoms with E-state index in [2.05, 4.69) is 80.5 Å². The van der Waals surface area contributed by atoms with E-state index in [0.717, 1.165) is 11.1 Å². The number of hydrogen-bond acceptors (Lipinski definition) is 2. The van der Waals surface area contributed by atoms with Crippen LogP contribution in [0.25, 0.3) is 0 Å². The van der Waals surface area contributed by atoms with Crippen molar-refractivity contribution in [2.75, 3.05) is 0 Å². The van der Waals surface area contributed by atoms with Gasteiger partial charge in [0.15, 0.2) is 0 Å². The first-order chi connectivity index (χ1) is 11.8. The second kappa shape index (κ2) is 8.20. The summed E-state index contributed by atoms with van der Waals surface area (Å²) in [6.45, 7) is 19.2. The molecule has 1 radical (unpaired) electrons. The van der Waals surface area contributed by atoms with Gasteiger partial charge in [0.25, 0.3) is 0 Å². The van der Waals surface area contributed by atoms with E-state index in [-0.39, 0.29) is 33.6 Å². The van der Waals surface area contributed by atoms with E-state index < -0.39 is 0 Å². The van der Waals surface area contributed by atoms with E-state index in [0.29, 0.717) is 5.69 Å². The Labute approximate surface area is 175 Å². The van der Waals surface area contributed by atoms with E-state index in [1.807, 2.05) is 12.3 Å². The average Bonchev–Trinajstić information content (AvgIpc) is 2.45. The van der Waals surface area contributed by atoms with Crippen molar-refractivity contribution in [2.24, 2.45) is 4.99 Å². The molecule has 0 amide bonds. The third-order valence-corrected chi connectivity index (χ3v) is 4.83. The monoisotopic (exact) mass is 414 g/mol. The van der Waals surface area contributed by atoms with E-state index in [1.165, 1.54) is 22.3 Å². The van der Waals surface area contributed by atoms with Crippen molar-refractivity contribution in [1.29, 1.82) is 0 Å². The molecule has 2 aromatic rings. The van der Waals surface area contributed by atoms with Gasteiger partial charge in [0.05, 0.1) is 0 Å². The number of benzene rings is 2. The van der Waals surface area contributed by atoms with Crippen LogP contribution in [-0.2, 0) is 27.9 Å². The maximum atomic E-state index is 10.9. The molecule has 2 aromatic carbocycles. The van der Waals surface area contributed by atoms with Crippen LogP contribution in [0, 0.1) is 20.8 Å². The van der Waals surface area contributed by atoms with Crippen LogP contribution in [0.2, 0.25) is 0 Å². The number of rotatable bonds is 2. The summed E-state index contributed by atoms with van der Waals surface area (Å²) in [5.41, 5.74) is 7.39. The molecule has 2 rings (SSSR count). The summed E-state index contributed by atoms with van der Waals surface area (Å²) >= 11 is 0. The minimum absolute atomic E-state index is 0. The van der Waals surface area contributed by atoms with Crippen LogP contribution < -0.4 is 0 Å². The van der Waals surface area contributed by atoms with Gasteiger partial charge in [0, 0.05) is 28.8 Å². The zero-order valence-electron chi connectivity index (χ0n) is 18.1. The third kappa shape index (κ3) is 5.46. The Hall–Kier alpha value is -1.57. The topological polar surface area (TPSA) is 32.6 Å². The Morgan fingerprint density at radius 2 is 1.33 bits per heavy atom. The molecule has 2 nitrogen and oxygen atoms in total. The van der Waals surface area contributed by atoms with Gasteiger partial charge in [-0.2, -0.15) is 0 Å². The van der Waals surface area contributed by atoms with Crippen LogP contribution in [0.5, 0.6) is 5.75 Å². The molecule has 0 fully saturated rings. The number of nitrogens with zero attached hydrogens (tertiary/aromatic N) is 1. The zero-order chi connectivity index (χ0) is 19.9. The predicted octanol–water partition coefficient (Wildman–Crippen LogP) is 6.66. The standard InChI is InChI=1S/C24H33NO.Cu/c1-15-10-16(2)19(17(3)11-15)14-25-21-13-18(23(4,5)6)12-20(22(21)26)24(7,8)9;/h10-14,26H,1-9H3;. The first-order valence-electron chi connectivity index (χ1n) is 9.30. The summed E-state index contributed by atoms with van der Waals surface area (Å²) in [5.74, 6) is 0.282. The Balaban J connectivity index is 0.00000364. The smallest absolute Gasteiger partial charge is 0.144 e. The Bertz CT molecular complexity index is 829. The van der Waals surface area contributed by atoms with E-state index in [1.54, 1.807) is 0 Å². The Morgan fingerprint density at radius 3 is 1.78 bits per heavy atom. The van der Waals surface area contributed by atoms with Gasteiger partial charge in [-0.05, 0) is 59.9 Å². The van der Waals surface area contributed by atoms with Gasteiger partial charge in [-0.15, -0.1) is 0 Å². The molecule has 0 heterocycles. The van der Waals surface area contributed by atoms with Gasteiger partial charge >= 0.3 is 0 Å². The van der Waals surface area contributed by atoms with Crippen LogP contribution in [-0.4, -0.2) is 11.3 Å². The maximum absolute atomic E-state index is 10.9. The molecule has 0 aliphatic rings. The third-order valence-electron chi connectivity index (χ3n) is 4.83. The summed E-state index contributed by atoms with van der Waals surface area (Å²) < 4.78 is 0. The number of hydrogen-bond donors (Lipinski definition) is 1. The SMILES string of the molecule is Cc1cc(C)c(C=Nc2cc(C(C)(C)C)cc(C(C)(C)C)c2O)c(C)c1.[Cu]. The summed E-state index contributed by atoms with van der Waals surface area (Å²) in [4.78, 5) is 4.70. The molecule has 0 unspecified atom stereocenters. The molecule has 0 aliphatic carbocycles. The van der Waals surface area contributed by atoms with Crippen molar-refractivity contribution < 1.29 is 22.2 Å². The largest absolute Gasteiger partial charge is 0.505 e. The van der Waals surface area contributed by atoms with Crippen LogP contribution in [0.3, 0.4) is 0 Å². The van der Waals surface area contributed by atoms with Crippen molar-refractivity contribution in [1.82, 2.24) is 0 Å². The van der Waals surface area contributed by atoms with Crippen molar-refractivity contribution in [3.8, 4) is 5.75 Å². The van der Waals surface area contributed by atoms with Crippen molar-refractivity contribution >= 4 is 11.9 Å².